The van der Waals surface area contributed by atoms with Crippen LogP contribution in [-0.2, 0) is 6.61 Å². The molecule has 138 valence electrons. The molecule has 1 aliphatic heterocycles. The Kier molecular flexibility index (Phi) is 6.84. The standard InChI is InChI=1S/C20H20BrCl2NOS/c1-13-6-8-24(9-7-13)20(26)17-10-15(21)3-5-19(17)25-12-14-2-4-16(22)11-18(14)23/h2-5,10-11,13H,6-9,12H2,1H3. The van der Waals surface area contributed by atoms with Crippen LogP contribution in [0.2, 0.25) is 10.0 Å². The molecule has 0 atom stereocenters. The Hall–Kier alpha value is -0.810. The molecular formula is C20H20BrCl2NOS. The molecule has 0 amide bonds. The van der Waals surface area contributed by atoms with Crippen molar-refractivity contribution in [1.29, 1.82) is 0 Å². The van der Waals surface area contributed by atoms with E-state index in [0.717, 1.165) is 45.3 Å². The van der Waals surface area contributed by atoms with E-state index in [1.165, 1.54) is 12.8 Å². The molecule has 0 saturated carbocycles. The summed E-state index contributed by atoms with van der Waals surface area (Å²) in [6.45, 7) is 4.65. The van der Waals surface area contributed by atoms with E-state index in [0.29, 0.717) is 16.7 Å². The van der Waals surface area contributed by atoms with E-state index in [1.807, 2.05) is 30.3 Å². The van der Waals surface area contributed by atoms with E-state index in [2.05, 4.69) is 27.8 Å². The predicted octanol–water partition coefficient (Wildman–Crippen LogP) is 6.74. The number of ether oxygens (including phenoxy) is 1. The molecule has 2 aromatic rings. The van der Waals surface area contributed by atoms with Crippen molar-refractivity contribution < 1.29 is 4.74 Å². The smallest absolute Gasteiger partial charge is 0.130 e. The SMILES string of the molecule is CC1CCN(C(=S)c2cc(Br)ccc2OCc2ccc(Cl)cc2Cl)CC1. The van der Waals surface area contributed by atoms with Crippen LogP contribution in [-0.4, -0.2) is 23.0 Å². The number of nitrogens with zero attached hydrogens (tertiary/aromatic N) is 1. The Labute approximate surface area is 178 Å². The molecule has 0 radical (unpaired) electrons. The van der Waals surface area contributed by atoms with Crippen molar-refractivity contribution in [1.82, 2.24) is 4.90 Å². The molecular weight excluding hydrogens is 453 g/mol. The molecule has 1 heterocycles. The van der Waals surface area contributed by atoms with Crippen molar-refractivity contribution >= 4 is 56.3 Å². The fraction of sp³-hybridized carbons (Fsp3) is 0.350. The molecule has 2 aromatic carbocycles. The van der Waals surface area contributed by atoms with Crippen molar-refractivity contribution in [2.45, 2.75) is 26.4 Å². The van der Waals surface area contributed by atoms with Gasteiger partial charge in [-0.25, -0.2) is 0 Å². The average Bonchev–Trinajstić information content (AvgIpc) is 2.62. The summed E-state index contributed by atoms with van der Waals surface area (Å²) in [6, 6.07) is 11.4. The molecule has 0 N–H and O–H groups in total. The van der Waals surface area contributed by atoms with E-state index in [4.69, 9.17) is 40.2 Å². The highest BCUT2D eigenvalue weighted by atomic mass is 79.9. The fourth-order valence-electron chi connectivity index (χ4n) is 2.97. The summed E-state index contributed by atoms with van der Waals surface area (Å²) in [7, 11) is 0. The van der Waals surface area contributed by atoms with Crippen LogP contribution < -0.4 is 4.74 Å². The van der Waals surface area contributed by atoms with Crippen LogP contribution in [0.25, 0.3) is 0 Å². The largest absolute Gasteiger partial charge is 0.488 e. The third-order valence-corrected chi connectivity index (χ3v) is 6.20. The Bertz CT molecular complexity index is 806. The summed E-state index contributed by atoms with van der Waals surface area (Å²) in [6.07, 6.45) is 2.34. The lowest BCUT2D eigenvalue weighted by Gasteiger charge is -2.33. The van der Waals surface area contributed by atoms with Crippen molar-refractivity contribution in [2.75, 3.05) is 13.1 Å². The van der Waals surface area contributed by atoms with Gasteiger partial charge in [-0.1, -0.05) is 64.3 Å². The number of piperidine rings is 1. The van der Waals surface area contributed by atoms with Crippen LogP contribution in [0.15, 0.2) is 40.9 Å². The summed E-state index contributed by atoms with van der Waals surface area (Å²) in [5, 5.41) is 1.22. The normalized spacial score (nSPS) is 15.2. The first kappa shape index (κ1) is 19.9. The lowest BCUT2D eigenvalue weighted by molar-refractivity contribution is 0.281. The van der Waals surface area contributed by atoms with Crippen LogP contribution in [0.5, 0.6) is 5.75 Å². The predicted molar refractivity (Wildman–Crippen MR) is 117 cm³/mol. The lowest BCUT2D eigenvalue weighted by Crippen LogP contribution is -2.37. The summed E-state index contributed by atoms with van der Waals surface area (Å²) in [4.78, 5) is 3.12. The summed E-state index contributed by atoms with van der Waals surface area (Å²) >= 11 is 21.5. The average molecular weight is 473 g/mol. The number of rotatable bonds is 4. The van der Waals surface area contributed by atoms with Gasteiger partial charge in [-0.05, 0) is 49.1 Å². The van der Waals surface area contributed by atoms with Crippen molar-refractivity contribution in [2.24, 2.45) is 5.92 Å². The molecule has 6 heteroatoms. The molecule has 0 aromatic heterocycles. The molecule has 1 fully saturated rings. The van der Waals surface area contributed by atoms with Gasteiger partial charge in [0.1, 0.15) is 17.3 Å². The maximum atomic E-state index is 6.25. The molecule has 0 aliphatic carbocycles. The summed E-state index contributed by atoms with van der Waals surface area (Å²) in [5.74, 6) is 1.53. The number of hydrogen-bond donors (Lipinski definition) is 0. The minimum Gasteiger partial charge on any atom is -0.488 e. The molecule has 0 unspecified atom stereocenters. The van der Waals surface area contributed by atoms with Gasteiger partial charge in [0.25, 0.3) is 0 Å². The van der Waals surface area contributed by atoms with Gasteiger partial charge >= 0.3 is 0 Å². The van der Waals surface area contributed by atoms with Crippen LogP contribution in [0.1, 0.15) is 30.9 Å². The van der Waals surface area contributed by atoms with Crippen molar-refractivity contribution in [3.05, 3.63) is 62.0 Å². The van der Waals surface area contributed by atoms with E-state index in [9.17, 15) is 0 Å². The fourth-order valence-corrected chi connectivity index (χ4v) is 4.14. The molecule has 26 heavy (non-hydrogen) atoms. The van der Waals surface area contributed by atoms with Crippen LogP contribution in [0, 0.1) is 5.92 Å². The number of benzene rings is 2. The molecule has 0 bridgehead atoms. The van der Waals surface area contributed by atoms with E-state index in [1.54, 1.807) is 6.07 Å². The van der Waals surface area contributed by atoms with Crippen LogP contribution >= 0.6 is 51.3 Å². The van der Waals surface area contributed by atoms with Gasteiger partial charge < -0.3 is 9.64 Å². The first-order valence-corrected chi connectivity index (χ1v) is 10.6. The minimum atomic E-state index is 0.365. The molecule has 0 spiro atoms. The quantitative estimate of drug-likeness (QED) is 0.457. The number of likely N-dealkylation sites (tertiary alicyclic amines) is 1. The highest BCUT2D eigenvalue weighted by Crippen LogP contribution is 2.29. The van der Waals surface area contributed by atoms with Gasteiger partial charge in [-0.3, -0.25) is 0 Å². The zero-order valence-corrected chi connectivity index (χ0v) is 18.4. The van der Waals surface area contributed by atoms with E-state index < -0.39 is 0 Å². The molecule has 1 aliphatic rings. The first-order valence-electron chi connectivity index (χ1n) is 8.59. The second-order valence-corrected chi connectivity index (χ2v) is 8.79. The van der Waals surface area contributed by atoms with Gasteiger partial charge in [0, 0.05) is 33.2 Å². The van der Waals surface area contributed by atoms with E-state index >= 15 is 0 Å². The highest BCUT2D eigenvalue weighted by Gasteiger charge is 2.21. The van der Waals surface area contributed by atoms with Crippen molar-refractivity contribution in [3.63, 3.8) is 0 Å². The molecule has 3 rings (SSSR count). The van der Waals surface area contributed by atoms with Crippen LogP contribution in [0.4, 0.5) is 0 Å². The third kappa shape index (κ3) is 4.92. The number of halogens is 3. The summed E-state index contributed by atoms with van der Waals surface area (Å²) < 4.78 is 7.05. The van der Waals surface area contributed by atoms with Gasteiger partial charge in [0.15, 0.2) is 0 Å². The Balaban J connectivity index is 1.78. The topological polar surface area (TPSA) is 12.5 Å². The monoisotopic (exact) mass is 471 g/mol. The first-order chi connectivity index (χ1) is 12.4. The third-order valence-electron chi connectivity index (χ3n) is 4.64. The number of hydrogen-bond acceptors (Lipinski definition) is 2. The zero-order chi connectivity index (χ0) is 18.7. The maximum absolute atomic E-state index is 6.25. The Morgan fingerprint density at radius 2 is 1.92 bits per heavy atom. The lowest BCUT2D eigenvalue weighted by atomic mass is 9.99. The number of thiocarbonyl (C=S) groups is 1. The van der Waals surface area contributed by atoms with E-state index in [-0.39, 0.29) is 0 Å². The Morgan fingerprint density at radius 3 is 2.62 bits per heavy atom. The van der Waals surface area contributed by atoms with Gasteiger partial charge in [0.2, 0.25) is 0 Å². The zero-order valence-electron chi connectivity index (χ0n) is 14.5. The Morgan fingerprint density at radius 1 is 1.19 bits per heavy atom. The highest BCUT2D eigenvalue weighted by molar-refractivity contribution is 9.10. The second-order valence-electron chi connectivity index (χ2n) is 6.64. The molecule has 2 nitrogen and oxygen atoms in total. The molecule has 1 saturated heterocycles. The summed E-state index contributed by atoms with van der Waals surface area (Å²) in [5.41, 5.74) is 1.83. The second kappa shape index (κ2) is 8.92. The minimum absolute atomic E-state index is 0.365. The van der Waals surface area contributed by atoms with Gasteiger partial charge in [-0.2, -0.15) is 0 Å². The van der Waals surface area contributed by atoms with Crippen molar-refractivity contribution in [3.8, 4) is 5.75 Å². The van der Waals surface area contributed by atoms with Gasteiger partial charge in [0.05, 0.1) is 5.56 Å². The van der Waals surface area contributed by atoms with Crippen LogP contribution in [0.3, 0.4) is 0 Å². The van der Waals surface area contributed by atoms with Gasteiger partial charge in [-0.15, -0.1) is 0 Å². The maximum Gasteiger partial charge on any atom is 0.130 e.